The Morgan fingerprint density at radius 3 is 2.82 bits per heavy atom. The SMILES string of the molecule is [CH]1OCC(CN2CCCC2)O1. The Morgan fingerprint density at radius 1 is 1.36 bits per heavy atom. The van der Waals surface area contributed by atoms with Gasteiger partial charge in [-0.05, 0) is 25.9 Å². The quantitative estimate of drug-likeness (QED) is 0.585. The fraction of sp³-hybridized carbons (Fsp3) is 0.875. The zero-order chi connectivity index (χ0) is 7.52. The lowest BCUT2D eigenvalue weighted by atomic mass is 10.3. The maximum Gasteiger partial charge on any atom is 0.209 e. The van der Waals surface area contributed by atoms with Crippen LogP contribution in [0.3, 0.4) is 0 Å². The van der Waals surface area contributed by atoms with E-state index < -0.39 is 0 Å². The van der Waals surface area contributed by atoms with E-state index in [0.717, 1.165) is 13.2 Å². The van der Waals surface area contributed by atoms with Crippen molar-refractivity contribution >= 4 is 0 Å². The molecule has 1 unspecified atom stereocenters. The van der Waals surface area contributed by atoms with Gasteiger partial charge in [0.2, 0.25) is 6.79 Å². The molecule has 2 aliphatic rings. The Bertz CT molecular complexity index is 103. The van der Waals surface area contributed by atoms with Gasteiger partial charge in [0, 0.05) is 6.54 Å². The monoisotopic (exact) mass is 156 g/mol. The van der Waals surface area contributed by atoms with Gasteiger partial charge in [-0.25, -0.2) is 0 Å². The van der Waals surface area contributed by atoms with Gasteiger partial charge in [-0.1, -0.05) is 0 Å². The molecule has 0 spiro atoms. The first-order chi connectivity index (χ1) is 5.45. The Balaban J connectivity index is 1.71. The second-order valence-corrected chi connectivity index (χ2v) is 3.20. The molecule has 0 aromatic heterocycles. The second-order valence-electron chi connectivity index (χ2n) is 3.20. The lowest BCUT2D eigenvalue weighted by Gasteiger charge is -2.17. The fourth-order valence-electron chi connectivity index (χ4n) is 1.65. The van der Waals surface area contributed by atoms with Crippen molar-refractivity contribution in [3.05, 3.63) is 6.79 Å². The van der Waals surface area contributed by atoms with Crippen molar-refractivity contribution in [1.29, 1.82) is 0 Å². The Hall–Kier alpha value is -0.120. The predicted octanol–water partition coefficient (Wildman–Crippen LogP) is 0.617. The smallest absolute Gasteiger partial charge is 0.209 e. The van der Waals surface area contributed by atoms with E-state index in [0.29, 0.717) is 0 Å². The zero-order valence-electron chi connectivity index (χ0n) is 6.66. The normalized spacial score (nSPS) is 33.3. The topological polar surface area (TPSA) is 21.7 Å². The number of hydrogen-bond acceptors (Lipinski definition) is 3. The molecular weight excluding hydrogens is 142 g/mol. The first kappa shape index (κ1) is 7.53. The summed E-state index contributed by atoms with van der Waals surface area (Å²) in [5.74, 6) is 0. The molecular formula is C8H14NO2. The van der Waals surface area contributed by atoms with Crippen LogP contribution in [0.4, 0.5) is 0 Å². The third-order valence-corrected chi connectivity index (χ3v) is 2.26. The fourth-order valence-corrected chi connectivity index (χ4v) is 1.65. The van der Waals surface area contributed by atoms with Gasteiger partial charge in [0.05, 0.1) is 12.7 Å². The van der Waals surface area contributed by atoms with Gasteiger partial charge >= 0.3 is 0 Å². The van der Waals surface area contributed by atoms with E-state index >= 15 is 0 Å². The number of hydrogen-bond donors (Lipinski definition) is 0. The molecule has 1 atom stereocenters. The highest BCUT2D eigenvalue weighted by Gasteiger charge is 2.21. The summed E-state index contributed by atoms with van der Waals surface area (Å²) in [5, 5.41) is 0. The molecule has 3 nitrogen and oxygen atoms in total. The molecule has 0 bridgehead atoms. The van der Waals surface area contributed by atoms with Crippen LogP contribution in [0.25, 0.3) is 0 Å². The standard InChI is InChI=1S/C8H14NO2/c1-2-4-9(3-1)5-8-6-10-7-11-8/h7-8H,1-6H2. The summed E-state index contributed by atoms with van der Waals surface area (Å²) in [4.78, 5) is 2.44. The molecule has 0 aliphatic carbocycles. The zero-order valence-corrected chi connectivity index (χ0v) is 6.66. The van der Waals surface area contributed by atoms with Crippen molar-refractivity contribution in [3.8, 4) is 0 Å². The van der Waals surface area contributed by atoms with Crippen LogP contribution >= 0.6 is 0 Å². The molecule has 0 N–H and O–H groups in total. The van der Waals surface area contributed by atoms with Crippen molar-refractivity contribution in [1.82, 2.24) is 4.90 Å². The summed E-state index contributed by atoms with van der Waals surface area (Å²) in [6.45, 7) is 5.70. The van der Waals surface area contributed by atoms with Crippen LogP contribution in [0, 0.1) is 6.79 Å². The predicted molar refractivity (Wildman–Crippen MR) is 40.8 cm³/mol. The average Bonchev–Trinajstić information content (AvgIpc) is 2.60. The van der Waals surface area contributed by atoms with Crippen LogP contribution in [-0.2, 0) is 9.47 Å². The minimum atomic E-state index is 0.285. The molecule has 2 heterocycles. The van der Waals surface area contributed by atoms with Crippen molar-refractivity contribution in [3.63, 3.8) is 0 Å². The summed E-state index contributed by atoms with van der Waals surface area (Å²) in [7, 11) is 0. The summed E-state index contributed by atoms with van der Waals surface area (Å²) < 4.78 is 10.2. The van der Waals surface area contributed by atoms with Gasteiger partial charge < -0.3 is 14.4 Å². The molecule has 0 aromatic carbocycles. The molecule has 11 heavy (non-hydrogen) atoms. The maximum absolute atomic E-state index is 5.23. The Labute approximate surface area is 67.3 Å². The van der Waals surface area contributed by atoms with E-state index in [-0.39, 0.29) is 6.10 Å². The largest absolute Gasteiger partial charge is 0.345 e. The third-order valence-electron chi connectivity index (χ3n) is 2.26. The number of nitrogens with zero attached hydrogens (tertiary/aromatic N) is 1. The second kappa shape index (κ2) is 3.52. The number of likely N-dealkylation sites (tertiary alicyclic amines) is 1. The Morgan fingerprint density at radius 2 is 2.18 bits per heavy atom. The van der Waals surface area contributed by atoms with Crippen molar-refractivity contribution in [2.24, 2.45) is 0 Å². The summed E-state index contributed by atoms with van der Waals surface area (Å²) in [6.07, 6.45) is 2.97. The Kier molecular flexibility index (Phi) is 2.41. The summed E-state index contributed by atoms with van der Waals surface area (Å²) in [5.41, 5.74) is 0. The first-order valence-corrected chi connectivity index (χ1v) is 4.26. The molecule has 2 rings (SSSR count). The van der Waals surface area contributed by atoms with Gasteiger partial charge in [-0.3, -0.25) is 0 Å². The van der Waals surface area contributed by atoms with E-state index in [4.69, 9.17) is 9.47 Å². The van der Waals surface area contributed by atoms with Gasteiger partial charge in [0.25, 0.3) is 0 Å². The van der Waals surface area contributed by atoms with Crippen LogP contribution in [0.1, 0.15) is 12.8 Å². The lowest BCUT2D eigenvalue weighted by molar-refractivity contribution is 0.105. The van der Waals surface area contributed by atoms with E-state index in [1.165, 1.54) is 32.7 Å². The van der Waals surface area contributed by atoms with Gasteiger partial charge in [-0.15, -0.1) is 0 Å². The highest BCUT2D eigenvalue weighted by Crippen LogP contribution is 2.12. The highest BCUT2D eigenvalue weighted by molar-refractivity contribution is 4.73. The first-order valence-electron chi connectivity index (χ1n) is 4.26. The van der Waals surface area contributed by atoms with Crippen LogP contribution in [0.5, 0.6) is 0 Å². The van der Waals surface area contributed by atoms with E-state index in [1.54, 1.807) is 0 Å². The van der Waals surface area contributed by atoms with Crippen molar-refractivity contribution in [2.45, 2.75) is 18.9 Å². The number of rotatable bonds is 2. The molecule has 2 fully saturated rings. The summed E-state index contributed by atoms with van der Waals surface area (Å²) >= 11 is 0. The van der Waals surface area contributed by atoms with E-state index in [1.807, 2.05) is 0 Å². The summed E-state index contributed by atoms with van der Waals surface area (Å²) in [6, 6.07) is 0. The maximum atomic E-state index is 5.23. The van der Waals surface area contributed by atoms with Crippen LogP contribution < -0.4 is 0 Å². The van der Waals surface area contributed by atoms with E-state index in [9.17, 15) is 0 Å². The van der Waals surface area contributed by atoms with Gasteiger partial charge in [0.15, 0.2) is 0 Å². The van der Waals surface area contributed by atoms with Crippen molar-refractivity contribution < 1.29 is 9.47 Å². The van der Waals surface area contributed by atoms with E-state index in [2.05, 4.69) is 4.90 Å². The molecule has 0 amide bonds. The van der Waals surface area contributed by atoms with Gasteiger partial charge in [-0.2, -0.15) is 0 Å². The van der Waals surface area contributed by atoms with Crippen LogP contribution in [0.15, 0.2) is 0 Å². The molecule has 2 saturated heterocycles. The average molecular weight is 156 g/mol. The van der Waals surface area contributed by atoms with Gasteiger partial charge in [0.1, 0.15) is 0 Å². The highest BCUT2D eigenvalue weighted by atomic mass is 16.7. The third kappa shape index (κ3) is 1.92. The molecule has 63 valence electrons. The molecule has 1 radical (unpaired) electrons. The molecule has 3 heteroatoms. The minimum absolute atomic E-state index is 0.285. The lowest BCUT2D eigenvalue weighted by Crippen LogP contribution is -2.31. The van der Waals surface area contributed by atoms with Crippen LogP contribution in [0.2, 0.25) is 0 Å². The van der Waals surface area contributed by atoms with Crippen molar-refractivity contribution in [2.75, 3.05) is 26.2 Å². The number of ether oxygens (including phenoxy) is 2. The molecule has 2 aliphatic heterocycles. The molecule has 0 saturated carbocycles. The minimum Gasteiger partial charge on any atom is -0.345 e. The van der Waals surface area contributed by atoms with Crippen LogP contribution in [-0.4, -0.2) is 37.2 Å². The molecule has 0 aromatic rings.